The molecule has 3 nitrogen and oxygen atoms in total. The second-order valence-corrected chi connectivity index (χ2v) is 6.74. The molecule has 1 heterocycles. The third-order valence-electron chi connectivity index (χ3n) is 3.47. The van der Waals surface area contributed by atoms with Gasteiger partial charge in [-0.25, -0.2) is 0 Å². The lowest BCUT2D eigenvalue weighted by Crippen LogP contribution is -2.39. The van der Waals surface area contributed by atoms with E-state index in [1.54, 1.807) is 0 Å². The molecule has 3 heteroatoms. The standard InChI is InChI=1S/C17H25NO2/c1-13-6-5-11-18(12-13)16(19)14-7-9-15(10-8-14)20-17(2,3)4/h7-10,13H,5-6,11-12H2,1-4H3. The van der Waals surface area contributed by atoms with Crippen LogP contribution in [0.15, 0.2) is 24.3 Å². The Labute approximate surface area is 121 Å². The number of ether oxygens (including phenoxy) is 1. The second-order valence-electron chi connectivity index (χ2n) is 6.74. The Kier molecular flexibility index (Phi) is 4.36. The molecule has 110 valence electrons. The van der Waals surface area contributed by atoms with Gasteiger partial charge in [0.15, 0.2) is 0 Å². The number of piperidine rings is 1. The van der Waals surface area contributed by atoms with Gasteiger partial charge < -0.3 is 9.64 Å². The van der Waals surface area contributed by atoms with Crippen LogP contribution in [0.1, 0.15) is 50.9 Å². The molecule has 1 unspecified atom stereocenters. The molecule has 20 heavy (non-hydrogen) atoms. The maximum absolute atomic E-state index is 12.4. The number of carbonyl (C=O) groups excluding carboxylic acids is 1. The lowest BCUT2D eigenvalue weighted by atomic mass is 9.99. The smallest absolute Gasteiger partial charge is 0.253 e. The van der Waals surface area contributed by atoms with E-state index in [1.807, 2.05) is 49.9 Å². The van der Waals surface area contributed by atoms with E-state index >= 15 is 0 Å². The molecule has 0 spiro atoms. The summed E-state index contributed by atoms with van der Waals surface area (Å²) in [7, 11) is 0. The Morgan fingerprint density at radius 2 is 1.90 bits per heavy atom. The Morgan fingerprint density at radius 1 is 1.25 bits per heavy atom. The van der Waals surface area contributed by atoms with Crippen molar-refractivity contribution in [3.8, 4) is 5.75 Å². The van der Waals surface area contributed by atoms with Gasteiger partial charge in [-0.2, -0.15) is 0 Å². The molecule has 1 aromatic rings. The number of amides is 1. The zero-order chi connectivity index (χ0) is 14.8. The maximum Gasteiger partial charge on any atom is 0.253 e. The summed E-state index contributed by atoms with van der Waals surface area (Å²) < 4.78 is 5.77. The van der Waals surface area contributed by atoms with E-state index in [1.165, 1.54) is 6.42 Å². The van der Waals surface area contributed by atoms with Crippen molar-refractivity contribution in [2.75, 3.05) is 13.1 Å². The van der Waals surface area contributed by atoms with Crippen molar-refractivity contribution in [2.45, 2.75) is 46.1 Å². The van der Waals surface area contributed by atoms with Crippen LogP contribution in [0.25, 0.3) is 0 Å². The maximum atomic E-state index is 12.4. The Hall–Kier alpha value is -1.51. The van der Waals surface area contributed by atoms with Gasteiger partial charge in [-0.3, -0.25) is 4.79 Å². The van der Waals surface area contributed by atoms with Gasteiger partial charge in [0, 0.05) is 18.7 Å². The molecule has 1 atom stereocenters. The van der Waals surface area contributed by atoms with Gasteiger partial charge in [0.25, 0.3) is 5.91 Å². The van der Waals surface area contributed by atoms with Crippen molar-refractivity contribution in [2.24, 2.45) is 5.92 Å². The predicted molar refractivity (Wildman–Crippen MR) is 81.1 cm³/mol. The van der Waals surface area contributed by atoms with Crippen molar-refractivity contribution in [3.05, 3.63) is 29.8 Å². The second kappa shape index (κ2) is 5.86. The first-order valence-electron chi connectivity index (χ1n) is 7.43. The lowest BCUT2D eigenvalue weighted by molar-refractivity contribution is 0.0683. The largest absolute Gasteiger partial charge is 0.488 e. The number of nitrogens with zero attached hydrogens (tertiary/aromatic N) is 1. The van der Waals surface area contributed by atoms with Crippen molar-refractivity contribution < 1.29 is 9.53 Å². The molecule has 0 N–H and O–H groups in total. The minimum atomic E-state index is -0.214. The summed E-state index contributed by atoms with van der Waals surface area (Å²) in [5.74, 6) is 1.55. The van der Waals surface area contributed by atoms with E-state index in [2.05, 4.69) is 6.92 Å². The van der Waals surface area contributed by atoms with E-state index in [9.17, 15) is 4.79 Å². The van der Waals surface area contributed by atoms with Crippen LogP contribution in [0.5, 0.6) is 5.75 Å². The topological polar surface area (TPSA) is 29.5 Å². The van der Waals surface area contributed by atoms with Crippen LogP contribution < -0.4 is 4.74 Å². The number of hydrogen-bond acceptors (Lipinski definition) is 2. The van der Waals surface area contributed by atoms with Crippen LogP contribution in [0.3, 0.4) is 0 Å². The minimum Gasteiger partial charge on any atom is -0.488 e. The third-order valence-corrected chi connectivity index (χ3v) is 3.47. The lowest BCUT2D eigenvalue weighted by Gasteiger charge is -2.31. The van der Waals surface area contributed by atoms with Crippen LogP contribution in [0, 0.1) is 5.92 Å². The number of hydrogen-bond donors (Lipinski definition) is 0. The van der Waals surface area contributed by atoms with Crippen molar-refractivity contribution in [3.63, 3.8) is 0 Å². The summed E-state index contributed by atoms with van der Waals surface area (Å²) in [6.07, 6.45) is 2.33. The van der Waals surface area contributed by atoms with Crippen LogP contribution in [-0.2, 0) is 0 Å². The zero-order valence-corrected chi connectivity index (χ0v) is 13.0. The summed E-state index contributed by atoms with van der Waals surface area (Å²) in [4.78, 5) is 14.4. The highest BCUT2D eigenvalue weighted by Gasteiger charge is 2.22. The van der Waals surface area contributed by atoms with E-state index in [4.69, 9.17) is 4.74 Å². The van der Waals surface area contributed by atoms with Gasteiger partial charge in [-0.15, -0.1) is 0 Å². The number of carbonyl (C=O) groups is 1. The van der Waals surface area contributed by atoms with Gasteiger partial charge in [0.1, 0.15) is 11.4 Å². The third kappa shape index (κ3) is 3.99. The molecule has 0 bridgehead atoms. The molecule has 1 aromatic carbocycles. The van der Waals surface area contributed by atoms with Gasteiger partial charge >= 0.3 is 0 Å². The highest BCUT2D eigenvalue weighted by atomic mass is 16.5. The number of likely N-dealkylation sites (tertiary alicyclic amines) is 1. The van der Waals surface area contributed by atoms with Crippen molar-refractivity contribution in [1.82, 2.24) is 4.90 Å². The molecule has 1 aliphatic heterocycles. The van der Waals surface area contributed by atoms with Gasteiger partial charge in [-0.05, 0) is 63.8 Å². The predicted octanol–water partition coefficient (Wildman–Crippen LogP) is 3.74. The SMILES string of the molecule is CC1CCCN(C(=O)c2ccc(OC(C)(C)C)cc2)C1. The molecule has 1 fully saturated rings. The Balaban J connectivity index is 2.04. The van der Waals surface area contributed by atoms with E-state index in [0.29, 0.717) is 5.92 Å². The fraction of sp³-hybridized carbons (Fsp3) is 0.588. The summed E-state index contributed by atoms with van der Waals surface area (Å²) in [6.45, 7) is 10.0. The van der Waals surface area contributed by atoms with Crippen LogP contribution in [-0.4, -0.2) is 29.5 Å². The fourth-order valence-electron chi connectivity index (χ4n) is 2.58. The number of benzene rings is 1. The van der Waals surface area contributed by atoms with Crippen LogP contribution >= 0.6 is 0 Å². The highest BCUT2D eigenvalue weighted by molar-refractivity contribution is 5.94. The fourth-order valence-corrected chi connectivity index (χ4v) is 2.58. The van der Waals surface area contributed by atoms with E-state index in [0.717, 1.165) is 30.8 Å². The van der Waals surface area contributed by atoms with Gasteiger partial charge in [-0.1, -0.05) is 6.92 Å². The Morgan fingerprint density at radius 3 is 2.45 bits per heavy atom. The van der Waals surface area contributed by atoms with Crippen LogP contribution in [0.2, 0.25) is 0 Å². The average molecular weight is 275 g/mol. The first kappa shape index (κ1) is 14.9. The summed E-state index contributed by atoms with van der Waals surface area (Å²) in [6, 6.07) is 7.49. The summed E-state index contributed by atoms with van der Waals surface area (Å²) >= 11 is 0. The molecule has 0 aromatic heterocycles. The minimum absolute atomic E-state index is 0.138. The summed E-state index contributed by atoms with van der Waals surface area (Å²) in [5.41, 5.74) is 0.536. The first-order chi connectivity index (χ1) is 9.35. The zero-order valence-electron chi connectivity index (χ0n) is 13.0. The molecule has 0 radical (unpaired) electrons. The molecule has 0 aliphatic carbocycles. The van der Waals surface area contributed by atoms with Crippen LogP contribution in [0.4, 0.5) is 0 Å². The van der Waals surface area contributed by atoms with Gasteiger partial charge in [0.2, 0.25) is 0 Å². The highest BCUT2D eigenvalue weighted by Crippen LogP contribution is 2.21. The molecular weight excluding hydrogens is 250 g/mol. The molecule has 2 rings (SSSR count). The van der Waals surface area contributed by atoms with Crippen molar-refractivity contribution in [1.29, 1.82) is 0 Å². The molecule has 1 aliphatic rings. The number of rotatable bonds is 2. The molecule has 1 saturated heterocycles. The van der Waals surface area contributed by atoms with Crippen molar-refractivity contribution >= 4 is 5.91 Å². The summed E-state index contributed by atoms with van der Waals surface area (Å²) in [5, 5.41) is 0. The quantitative estimate of drug-likeness (QED) is 0.823. The molecular formula is C17H25NO2. The first-order valence-corrected chi connectivity index (χ1v) is 7.43. The average Bonchev–Trinajstić information content (AvgIpc) is 2.37. The molecule has 1 amide bonds. The van der Waals surface area contributed by atoms with E-state index in [-0.39, 0.29) is 11.5 Å². The van der Waals surface area contributed by atoms with E-state index < -0.39 is 0 Å². The van der Waals surface area contributed by atoms with Gasteiger partial charge in [0.05, 0.1) is 0 Å². The monoisotopic (exact) mass is 275 g/mol. The Bertz CT molecular complexity index is 459. The normalized spacial score (nSPS) is 19.8. The molecule has 0 saturated carbocycles.